The standard InChI is InChI=1S/C27H26Cl2N2O4S2/c1-14-7-9-20-22(11-14)37-26(23(20)27(34)35-3)31-24(32)15(2)36-18-6-4-5-17(13-18)30-25(33)19-10-8-16(28)12-21(19)29/h4-6,8,10,12-15H,7,9,11H2,1-3H3,(H,30,33)(H,31,32). The van der Waals surface area contributed by atoms with Crippen LogP contribution in [-0.4, -0.2) is 30.1 Å². The molecule has 0 bridgehead atoms. The molecule has 0 aliphatic heterocycles. The van der Waals surface area contributed by atoms with Crippen LogP contribution in [0.4, 0.5) is 10.7 Å². The van der Waals surface area contributed by atoms with Crippen molar-refractivity contribution in [2.24, 2.45) is 5.92 Å². The van der Waals surface area contributed by atoms with Gasteiger partial charge in [-0.25, -0.2) is 4.79 Å². The van der Waals surface area contributed by atoms with Gasteiger partial charge in [-0.05, 0) is 74.1 Å². The van der Waals surface area contributed by atoms with E-state index in [1.165, 1.54) is 36.3 Å². The van der Waals surface area contributed by atoms with Crippen LogP contribution < -0.4 is 10.6 Å². The third-order valence-corrected chi connectivity index (χ3v) is 8.90. The molecule has 2 amide bonds. The fraction of sp³-hybridized carbons (Fsp3) is 0.296. The second-order valence-electron chi connectivity index (χ2n) is 8.90. The molecule has 0 radical (unpaired) electrons. The Morgan fingerprint density at radius 1 is 1.14 bits per heavy atom. The lowest BCUT2D eigenvalue weighted by molar-refractivity contribution is -0.115. The van der Waals surface area contributed by atoms with E-state index in [-0.39, 0.29) is 16.8 Å². The Morgan fingerprint density at radius 2 is 1.92 bits per heavy atom. The summed E-state index contributed by atoms with van der Waals surface area (Å²) in [6, 6.07) is 11.9. The van der Waals surface area contributed by atoms with Crippen LogP contribution in [0.15, 0.2) is 47.4 Å². The van der Waals surface area contributed by atoms with E-state index in [4.69, 9.17) is 27.9 Å². The maximum atomic E-state index is 13.1. The molecule has 3 aromatic rings. The lowest BCUT2D eigenvalue weighted by atomic mass is 9.88. The molecule has 0 saturated heterocycles. The van der Waals surface area contributed by atoms with E-state index in [9.17, 15) is 14.4 Å². The van der Waals surface area contributed by atoms with Crippen molar-refractivity contribution in [3.05, 3.63) is 74.1 Å². The van der Waals surface area contributed by atoms with E-state index >= 15 is 0 Å². The number of hydrogen-bond acceptors (Lipinski definition) is 6. The quantitative estimate of drug-likeness (QED) is 0.227. The minimum atomic E-state index is -0.458. The summed E-state index contributed by atoms with van der Waals surface area (Å²) in [5.41, 5.74) is 2.35. The van der Waals surface area contributed by atoms with Gasteiger partial charge in [0, 0.05) is 20.5 Å². The van der Waals surface area contributed by atoms with Crippen LogP contribution in [0.1, 0.15) is 51.4 Å². The highest BCUT2D eigenvalue weighted by molar-refractivity contribution is 8.00. The molecule has 2 aromatic carbocycles. The molecule has 0 fully saturated rings. The number of nitrogens with one attached hydrogen (secondary N) is 2. The van der Waals surface area contributed by atoms with Gasteiger partial charge >= 0.3 is 5.97 Å². The SMILES string of the molecule is COC(=O)c1c(NC(=O)C(C)Sc2cccc(NC(=O)c3ccc(Cl)cc3Cl)c2)sc2c1CCC(C)C2. The summed E-state index contributed by atoms with van der Waals surface area (Å²) in [5, 5.41) is 6.58. The maximum absolute atomic E-state index is 13.1. The van der Waals surface area contributed by atoms with Crippen molar-refractivity contribution in [2.75, 3.05) is 17.7 Å². The average molecular weight is 578 g/mol. The molecule has 6 nitrogen and oxygen atoms in total. The van der Waals surface area contributed by atoms with Gasteiger partial charge in [0.05, 0.1) is 28.5 Å². The summed E-state index contributed by atoms with van der Waals surface area (Å²) in [4.78, 5) is 40.2. The summed E-state index contributed by atoms with van der Waals surface area (Å²) in [5.74, 6) is -0.463. The first-order valence-electron chi connectivity index (χ1n) is 11.7. The predicted molar refractivity (Wildman–Crippen MR) is 152 cm³/mol. The number of amides is 2. The highest BCUT2D eigenvalue weighted by Gasteiger charge is 2.29. The number of fused-ring (bicyclic) bond motifs is 1. The number of ether oxygens (including phenoxy) is 1. The molecule has 2 unspecified atom stereocenters. The summed E-state index contributed by atoms with van der Waals surface area (Å²) in [6.45, 7) is 3.99. The first-order chi connectivity index (χ1) is 17.7. The Labute approximate surface area is 234 Å². The van der Waals surface area contributed by atoms with Crippen LogP contribution in [-0.2, 0) is 22.4 Å². The monoisotopic (exact) mass is 576 g/mol. The number of esters is 1. The highest BCUT2D eigenvalue weighted by atomic mass is 35.5. The first-order valence-corrected chi connectivity index (χ1v) is 14.2. The van der Waals surface area contributed by atoms with Gasteiger partial charge in [0.1, 0.15) is 5.00 Å². The fourth-order valence-electron chi connectivity index (χ4n) is 4.15. The smallest absolute Gasteiger partial charge is 0.341 e. The minimum Gasteiger partial charge on any atom is -0.465 e. The molecular weight excluding hydrogens is 551 g/mol. The number of methoxy groups -OCH3 is 1. The van der Waals surface area contributed by atoms with E-state index < -0.39 is 11.2 Å². The van der Waals surface area contributed by atoms with Crippen LogP contribution in [0, 0.1) is 5.92 Å². The largest absolute Gasteiger partial charge is 0.465 e. The number of rotatable bonds is 7. The number of carbonyl (C=O) groups is 3. The third kappa shape index (κ3) is 6.49. The van der Waals surface area contributed by atoms with Gasteiger partial charge in [-0.1, -0.05) is 36.2 Å². The van der Waals surface area contributed by atoms with Gasteiger partial charge in [-0.2, -0.15) is 0 Å². The second-order valence-corrected chi connectivity index (χ2v) is 12.3. The van der Waals surface area contributed by atoms with Crippen molar-refractivity contribution in [2.45, 2.75) is 43.3 Å². The van der Waals surface area contributed by atoms with Gasteiger partial charge in [-0.15, -0.1) is 23.1 Å². The maximum Gasteiger partial charge on any atom is 0.341 e. The second kappa shape index (κ2) is 11.9. The summed E-state index contributed by atoms with van der Waals surface area (Å²) < 4.78 is 5.02. The van der Waals surface area contributed by atoms with Crippen molar-refractivity contribution in [3.63, 3.8) is 0 Å². The zero-order chi connectivity index (χ0) is 26.7. The molecule has 1 heterocycles. The molecule has 1 aliphatic rings. The molecule has 4 rings (SSSR count). The van der Waals surface area contributed by atoms with Gasteiger partial charge in [0.15, 0.2) is 0 Å². The molecule has 194 valence electrons. The number of benzene rings is 2. The Bertz CT molecular complexity index is 1360. The molecule has 10 heteroatoms. The van der Waals surface area contributed by atoms with Crippen LogP contribution in [0.25, 0.3) is 0 Å². The first kappa shape index (κ1) is 27.5. The van der Waals surface area contributed by atoms with Crippen molar-refractivity contribution < 1.29 is 19.1 Å². The van der Waals surface area contributed by atoms with Gasteiger partial charge in [0.25, 0.3) is 5.91 Å². The Hall–Kier alpha value is -2.52. The normalized spacial score (nSPS) is 15.4. The minimum absolute atomic E-state index is 0.218. The van der Waals surface area contributed by atoms with Crippen molar-refractivity contribution in [1.82, 2.24) is 0 Å². The molecule has 2 atom stereocenters. The van der Waals surface area contributed by atoms with E-state index in [0.717, 1.165) is 34.6 Å². The molecule has 1 aromatic heterocycles. The summed E-state index contributed by atoms with van der Waals surface area (Å²) in [6.07, 6.45) is 2.70. The van der Waals surface area contributed by atoms with Crippen LogP contribution in [0.5, 0.6) is 0 Å². The molecule has 0 spiro atoms. The van der Waals surface area contributed by atoms with Crippen LogP contribution in [0.2, 0.25) is 10.0 Å². The average Bonchev–Trinajstić information content (AvgIpc) is 3.20. The molecule has 2 N–H and O–H groups in total. The van der Waals surface area contributed by atoms with E-state index in [1.807, 2.05) is 6.07 Å². The number of carbonyl (C=O) groups excluding carboxylic acids is 3. The van der Waals surface area contributed by atoms with Gasteiger partial charge < -0.3 is 15.4 Å². The van der Waals surface area contributed by atoms with E-state index in [0.29, 0.717) is 32.8 Å². The molecule has 0 saturated carbocycles. The molecular formula is C27H26Cl2N2O4S2. The molecule has 1 aliphatic carbocycles. The predicted octanol–water partition coefficient (Wildman–Crippen LogP) is 7.34. The lowest BCUT2D eigenvalue weighted by Gasteiger charge is -2.18. The molecule has 37 heavy (non-hydrogen) atoms. The van der Waals surface area contributed by atoms with Crippen LogP contribution >= 0.6 is 46.3 Å². The number of hydrogen-bond donors (Lipinski definition) is 2. The Kier molecular flexibility index (Phi) is 8.85. The van der Waals surface area contributed by atoms with Gasteiger partial charge in [0.2, 0.25) is 5.91 Å². The number of anilines is 2. The van der Waals surface area contributed by atoms with Crippen molar-refractivity contribution >= 4 is 74.8 Å². The van der Waals surface area contributed by atoms with E-state index in [1.54, 1.807) is 37.3 Å². The Balaban J connectivity index is 1.45. The number of thioether (sulfide) groups is 1. The van der Waals surface area contributed by atoms with Crippen molar-refractivity contribution in [3.8, 4) is 0 Å². The fourth-order valence-corrected chi connectivity index (χ4v) is 6.97. The van der Waals surface area contributed by atoms with E-state index in [2.05, 4.69) is 17.6 Å². The van der Waals surface area contributed by atoms with Crippen molar-refractivity contribution in [1.29, 1.82) is 0 Å². The zero-order valence-electron chi connectivity index (χ0n) is 20.5. The number of halogens is 2. The summed E-state index contributed by atoms with van der Waals surface area (Å²) >= 11 is 14.9. The highest BCUT2D eigenvalue weighted by Crippen LogP contribution is 2.40. The zero-order valence-corrected chi connectivity index (χ0v) is 23.7. The topological polar surface area (TPSA) is 84.5 Å². The van der Waals surface area contributed by atoms with Crippen LogP contribution in [0.3, 0.4) is 0 Å². The Morgan fingerprint density at radius 3 is 2.65 bits per heavy atom. The summed E-state index contributed by atoms with van der Waals surface area (Å²) in [7, 11) is 1.36. The lowest BCUT2D eigenvalue weighted by Crippen LogP contribution is -2.23. The number of thiophene rings is 1. The van der Waals surface area contributed by atoms with Gasteiger partial charge in [-0.3, -0.25) is 9.59 Å². The third-order valence-electron chi connectivity index (χ3n) is 6.09.